The monoisotopic (exact) mass is 475 g/mol. The van der Waals surface area contributed by atoms with Crippen LogP contribution in [0.1, 0.15) is 22.3 Å². The smallest absolute Gasteiger partial charge is 0.341 e. The Hall–Kier alpha value is -4.25. The number of halogens is 2. The van der Waals surface area contributed by atoms with Crippen molar-refractivity contribution < 1.29 is 23.1 Å². The zero-order valence-electron chi connectivity index (χ0n) is 19.0. The quantitative estimate of drug-likeness (QED) is 0.341. The molecule has 6 nitrogen and oxygen atoms in total. The summed E-state index contributed by atoms with van der Waals surface area (Å²) in [5, 5.41) is 6.04. The van der Waals surface area contributed by atoms with Crippen LogP contribution in [0.4, 0.5) is 20.2 Å². The summed E-state index contributed by atoms with van der Waals surface area (Å²) in [5.41, 5.74) is 2.04. The molecule has 35 heavy (non-hydrogen) atoms. The number of nitrogens with one attached hydrogen (secondary N) is 2. The number of esters is 1. The molecule has 8 heteroatoms. The van der Waals surface area contributed by atoms with Crippen LogP contribution in [-0.4, -0.2) is 25.5 Å². The summed E-state index contributed by atoms with van der Waals surface area (Å²) in [6, 6.07) is 15.5. The Morgan fingerprint density at radius 3 is 2.54 bits per heavy atom. The molecule has 2 unspecified atom stereocenters. The van der Waals surface area contributed by atoms with Crippen molar-refractivity contribution >= 4 is 23.3 Å². The number of benzene rings is 3. The van der Waals surface area contributed by atoms with E-state index >= 15 is 0 Å². The molecule has 0 aromatic heterocycles. The summed E-state index contributed by atoms with van der Waals surface area (Å²) >= 11 is 0. The summed E-state index contributed by atoms with van der Waals surface area (Å²) in [6.45, 7) is 7.63. The van der Waals surface area contributed by atoms with Crippen LogP contribution in [0.25, 0.3) is 16.0 Å². The number of rotatable bonds is 8. The van der Waals surface area contributed by atoms with Crippen molar-refractivity contribution in [2.75, 3.05) is 19.0 Å². The lowest BCUT2D eigenvalue weighted by Crippen LogP contribution is -2.26. The van der Waals surface area contributed by atoms with E-state index in [-0.39, 0.29) is 41.0 Å². The molecule has 0 aliphatic heterocycles. The third-order valence-corrected chi connectivity index (χ3v) is 6.04. The Labute approximate surface area is 201 Å². The first kappa shape index (κ1) is 23.9. The molecule has 1 saturated carbocycles. The van der Waals surface area contributed by atoms with Gasteiger partial charge < -0.3 is 15.4 Å². The van der Waals surface area contributed by atoms with E-state index in [4.69, 9.17) is 6.57 Å². The van der Waals surface area contributed by atoms with Crippen molar-refractivity contribution in [1.82, 2.24) is 5.32 Å². The number of anilines is 1. The fourth-order valence-electron chi connectivity index (χ4n) is 3.94. The predicted molar refractivity (Wildman–Crippen MR) is 128 cm³/mol. The lowest BCUT2D eigenvalue weighted by Gasteiger charge is -2.11. The third kappa shape index (κ3) is 5.46. The lowest BCUT2D eigenvalue weighted by molar-refractivity contribution is -0.122. The van der Waals surface area contributed by atoms with Crippen molar-refractivity contribution in [2.45, 2.75) is 13.0 Å². The average Bonchev–Trinajstić information content (AvgIpc) is 3.66. The van der Waals surface area contributed by atoms with Gasteiger partial charge in [-0.3, -0.25) is 4.79 Å². The molecule has 3 aromatic carbocycles. The SMILES string of the molecule is [C-]#[N+]c1ccc(NCC2CC2C(=O)NCc2ccc(-c3cccc(F)c3C(=O)OC)cc2F)cc1. The first-order valence-electron chi connectivity index (χ1n) is 11.1. The summed E-state index contributed by atoms with van der Waals surface area (Å²) < 4.78 is 33.6. The van der Waals surface area contributed by atoms with Crippen LogP contribution < -0.4 is 10.6 Å². The highest BCUT2D eigenvalue weighted by atomic mass is 19.1. The molecule has 1 fully saturated rings. The highest BCUT2D eigenvalue weighted by Crippen LogP contribution is 2.39. The molecule has 178 valence electrons. The van der Waals surface area contributed by atoms with Crippen LogP contribution in [0.2, 0.25) is 0 Å². The van der Waals surface area contributed by atoms with Crippen molar-refractivity contribution in [3.05, 3.63) is 94.8 Å². The predicted octanol–water partition coefficient (Wildman–Crippen LogP) is 5.33. The topological polar surface area (TPSA) is 71.8 Å². The van der Waals surface area contributed by atoms with Crippen molar-refractivity contribution in [3.63, 3.8) is 0 Å². The number of carbonyl (C=O) groups excluding carboxylic acids is 2. The van der Waals surface area contributed by atoms with Crippen LogP contribution in [0.3, 0.4) is 0 Å². The number of ether oxygens (including phenoxy) is 1. The fraction of sp³-hybridized carbons (Fsp3) is 0.222. The Morgan fingerprint density at radius 1 is 1.09 bits per heavy atom. The highest BCUT2D eigenvalue weighted by Gasteiger charge is 2.42. The van der Waals surface area contributed by atoms with Crippen LogP contribution in [0, 0.1) is 30.0 Å². The Bertz CT molecular complexity index is 1300. The average molecular weight is 475 g/mol. The van der Waals surface area contributed by atoms with E-state index in [1.165, 1.54) is 24.3 Å². The maximum Gasteiger partial charge on any atom is 0.341 e. The van der Waals surface area contributed by atoms with E-state index in [9.17, 15) is 18.4 Å². The second-order valence-electron chi connectivity index (χ2n) is 8.32. The Morgan fingerprint density at radius 2 is 1.86 bits per heavy atom. The highest BCUT2D eigenvalue weighted by molar-refractivity contribution is 5.97. The summed E-state index contributed by atoms with van der Waals surface area (Å²) in [7, 11) is 1.15. The van der Waals surface area contributed by atoms with Gasteiger partial charge in [-0.25, -0.2) is 18.4 Å². The van der Waals surface area contributed by atoms with Crippen LogP contribution in [-0.2, 0) is 16.1 Å². The van der Waals surface area contributed by atoms with Crippen LogP contribution in [0.15, 0.2) is 60.7 Å². The van der Waals surface area contributed by atoms with Crippen molar-refractivity contribution in [3.8, 4) is 11.1 Å². The minimum absolute atomic E-state index is 0.0205. The largest absolute Gasteiger partial charge is 0.465 e. The minimum atomic E-state index is -0.844. The molecule has 1 aliphatic rings. The number of nitrogens with zero attached hydrogens (tertiary/aromatic N) is 1. The van der Waals surface area contributed by atoms with Gasteiger partial charge in [-0.1, -0.05) is 36.4 Å². The second-order valence-corrected chi connectivity index (χ2v) is 8.32. The van der Waals surface area contributed by atoms with E-state index < -0.39 is 17.6 Å². The van der Waals surface area contributed by atoms with E-state index in [2.05, 4.69) is 20.2 Å². The zero-order valence-corrected chi connectivity index (χ0v) is 19.0. The molecule has 1 aliphatic carbocycles. The molecule has 0 heterocycles. The number of carbonyl (C=O) groups is 2. The molecular formula is C27H23F2N3O3. The van der Waals surface area contributed by atoms with Gasteiger partial charge in [0.1, 0.15) is 17.2 Å². The molecule has 2 N–H and O–H groups in total. The van der Waals surface area contributed by atoms with Crippen LogP contribution >= 0.6 is 0 Å². The maximum absolute atomic E-state index is 14.8. The molecule has 0 bridgehead atoms. The normalized spacial score (nSPS) is 16.2. The molecule has 2 atom stereocenters. The molecule has 3 aromatic rings. The molecule has 0 spiro atoms. The third-order valence-electron chi connectivity index (χ3n) is 6.04. The molecular weight excluding hydrogens is 452 g/mol. The molecule has 1 amide bonds. The maximum atomic E-state index is 14.8. The summed E-state index contributed by atoms with van der Waals surface area (Å²) in [6.07, 6.45) is 0.746. The second kappa shape index (κ2) is 10.3. The number of methoxy groups -OCH3 is 1. The van der Waals surface area contributed by atoms with Gasteiger partial charge in [0.25, 0.3) is 0 Å². The van der Waals surface area contributed by atoms with E-state index in [0.29, 0.717) is 17.8 Å². The van der Waals surface area contributed by atoms with Crippen molar-refractivity contribution in [1.29, 1.82) is 0 Å². The Kier molecular flexibility index (Phi) is 7.06. The summed E-state index contributed by atoms with van der Waals surface area (Å²) in [5.74, 6) is -2.25. The van der Waals surface area contributed by atoms with Gasteiger partial charge in [-0.2, -0.15) is 0 Å². The summed E-state index contributed by atoms with van der Waals surface area (Å²) in [4.78, 5) is 27.8. The van der Waals surface area contributed by atoms with Gasteiger partial charge >= 0.3 is 5.97 Å². The first-order chi connectivity index (χ1) is 16.9. The fourth-order valence-corrected chi connectivity index (χ4v) is 3.94. The standard InChI is InChI=1S/C27H23F2N3O3/c1-30-19-8-10-20(11-9-19)31-15-18-12-22(18)26(33)32-14-17-7-6-16(13-24(17)29)21-4-3-5-23(28)25(21)27(34)35-2/h3-11,13,18,22,31H,12,14-15H2,2H3,(H,32,33). The van der Waals surface area contributed by atoms with Gasteiger partial charge in [-0.05, 0) is 47.7 Å². The molecule has 0 radical (unpaired) electrons. The Balaban J connectivity index is 1.33. The van der Waals surface area contributed by atoms with Crippen LogP contribution in [0.5, 0.6) is 0 Å². The zero-order chi connectivity index (χ0) is 24.9. The van der Waals surface area contributed by atoms with Crippen molar-refractivity contribution in [2.24, 2.45) is 11.8 Å². The first-order valence-corrected chi connectivity index (χ1v) is 11.1. The number of hydrogen-bond acceptors (Lipinski definition) is 4. The number of amides is 1. The van der Waals surface area contributed by atoms with Gasteiger partial charge in [0.05, 0.1) is 13.7 Å². The van der Waals surface area contributed by atoms with E-state index in [1.54, 1.807) is 18.2 Å². The molecule has 0 saturated heterocycles. The van der Waals surface area contributed by atoms with Gasteiger partial charge in [0.15, 0.2) is 5.69 Å². The van der Waals surface area contributed by atoms with E-state index in [0.717, 1.165) is 25.3 Å². The van der Waals surface area contributed by atoms with E-state index in [1.807, 2.05) is 12.1 Å². The van der Waals surface area contributed by atoms with Gasteiger partial charge in [0, 0.05) is 30.3 Å². The molecule has 4 rings (SSSR count). The minimum Gasteiger partial charge on any atom is -0.465 e. The lowest BCUT2D eigenvalue weighted by atomic mass is 9.98. The number of hydrogen-bond donors (Lipinski definition) is 2. The van der Waals surface area contributed by atoms with Gasteiger partial charge in [-0.15, -0.1) is 0 Å². The van der Waals surface area contributed by atoms with Gasteiger partial charge in [0.2, 0.25) is 5.91 Å².